The number of rotatable bonds is 1. The molecule has 10 rings (SSSR count). The average molecular weight is 568 g/mol. The zero-order valence-corrected chi connectivity index (χ0v) is 25.6. The maximum atomic E-state index is 4.70. The van der Waals surface area contributed by atoms with Crippen LogP contribution < -0.4 is 0 Å². The van der Waals surface area contributed by atoms with Crippen molar-refractivity contribution in [3.8, 4) is 22.5 Å². The molecule has 3 heteroatoms. The molecule has 0 N–H and O–H groups in total. The van der Waals surface area contributed by atoms with Crippen molar-refractivity contribution in [3.05, 3.63) is 131 Å². The van der Waals surface area contributed by atoms with E-state index < -0.39 is 0 Å². The highest BCUT2D eigenvalue weighted by Crippen LogP contribution is 2.50. The van der Waals surface area contributed by atoms with E-state index in [0.29, 0.717) is 0 Å². The van der Waals surface area contributed by atoms with Crippen molar-refractivity contribution in [2.45, 2.75) is 44.9 Å². The van der Waals surface area contributed by atoms with Gasteiger partial charge in [0.25, 0.3) is 0 Å². The Morgan fingerprint density at radius 3 is 1.86 bits per heavy atom. The number of para-hydroxylation sites is 3. The third-order valence-corrected chi connectivity index (χ3v) is 11.0. The summed E-state index contributed by atoms with van der Waals surface area (Å²) >= 11 is 0. The summed E-state index contributed by atoms with van der Waals surface area (Å²) in [5.74, 6) is 0. The average Bonchev–Trinajstić information content (AvgIpc) is 3.57. The van der Waals surface area contributed by atoms with Gasteiger partial charge < -0.3 is 9.13 Å². The van der Waals surface area contributed by atoms with Crippen LogP contribution in [0, 0.1) is 0 Å². The van der Waals surface area contributed by atoms with Crippen LogP contribution in [0.25, 0.3) is 55.2 Å². The van der Waals surface area contributed by atoms with E-state index in [1.165, 1.54) is 88.7 Å². The highest BCUT2D eigenvalue weighted by molar-refractivity contribution is 6.11. The van der Waals surface area contributed by atoms with E-state index in [1.54, 1.807) is 0 Å². The monoisotopic (exact) mass is 567 g/mol. The highest BCUT2D eigenvalue weighted by atomic mass is 15.0. The number of nitrogens with zero attached hydrogens (tertiary/aromatic N) is 3. The van der Waals surface area contributed by atoms with Crippen LogP contribution in [0.4, 0.5) is 0 Å². The van der Waals surface area contributed by atoms with Gasteiger partial charge in [0.1, 0.15) is 0 Å². The summed E-state index contributed by atoms with van der Waals surface area (Å²) < 4.78 is 4.99. The van der Waals surface area contributed by atoms with E-state index in [4.69, 9.17) is 4.99 Å². The first-order valence-electron chi connectivity index (χ1n) is 15.8. The molecule has 0 aliphatic carbocycles. The second-order valence-corrected chi connectivity index (χ2v) is 14.0. The molecule has 0 bridgehead atoms. The molecule has 3 aliphatic rings. The Bertz CT molecular complexity index is 2440. The summed E-state index contributed by atoms with van der Waals surface area (Å²) in [5.41, 5.74) is 17.0. The van der Waals surface area contributed by atoms with Crippen LogP contribution in [0.3, 0.4) is 0 Å². The molecule has 0 amide bonds. The quantitative estimate of drug-likeness (QED) is 0.188. The van der Waals surface area contributed by atoms with Crippen LogP contribution in [-0.2, 0) is 17.3 Å². The van der Waals surface area contributed by atoms with Gasteiger partial charge in [-0.1, -0.05) is 94.4 Å². The fourth-order valence-corrected chi connectivity index (χ4v) is 8.79. The summed E-state index contributed by atoms with van der Waals surface area (Å²) in [6.45, 7) is 10.4. The van der Waals surface area contributed by atoms with Gasteiger partial charge in [-0.15, -0.1) is 0 Å². The lowest BCUT2D eigenvalue weighted by atomic mass is 9.73. The third kappa shape index (κ3) is 2.81. The number of benzene rings is 5. The normalized spacial score (nSPS) is 16.7. The van der Waals surface area contributed by atoms with Crippen molar-refractivity contribution < 1.29 is 0 Å². The van der Waals surface area contributed by atoms with E-state index >= 15 is 0 Å². The minimum Gasteiger partial charge on any atom is -0.309 e. The summed E-state index contributed by atoms with van der Waals surface area (Å²) in [6.07, 6.45) is 3.10. The molecular weight excluding hydrogens is 534 g/mol. The summed E-state index contributed by atoms with van der Waals surface area (Å²) in [7, 11) is 0. The highest BCUT2D eigenvalue weighted by Gasteiger charge is 2.38. The Hall–Kier alpha value is -4.89. The Balaban J connectivity index is 1.20. The SMILES string of the molecule is CC1(C)c2cc(-c3ccc4c(c3)C(C)(C)c3cccc5c6ccccc6n-4c35)ccc2-n2c3c(c4cccc1c42)CCN=C3. The molecule has 2 aromatic heterocycles. The first kappa shape index (κ1) is 24.5. The predicted molar refractivity (Wildman–Crippen MR) is 183 cm³/mol. The van der Waals surface area contributed by atoms with Gasteiger partial charge in [0.2, 0.25) is 0 Å². The molecule has 212 valence electrons. The third-order valence-electron chi connectivity index (χ3n) is 11.0. The van der Waals surface area contributed by atoms with Gasteiger partial charge in [0.15, 0.2) is 0 Å². The standard InChI is InChI=1S/C41H33N3/c1-40(2)30-12-7-10-28-26-9-5-6-14-34(26)43(38(28)30)35-17-15-24(21-32(35)40)25-16-18-36-33(22-25)41(3,4)31-13-8-11-29-27-19-20-42-23-37(27)44(36)39(29)31/h5-18,21-23H,19-20H2,1-4H3. The molecule has 44 heavy (non-hydrogen) atoms. The Morgan fingerprint density at radius 1 is 0.568 bits per heavy atom. The molecule has 0 unspecified atom stereocenters. The van der Waals surface area contributed by atoms with Crippen molar-refractivity contribution in [2.75, 3.05) is 6.54 Å². The van der Waals surface area contributed by atoms with E-state index in [1.807, 2.05) is 0 Å². The lowest BCUT2D eigenvalue weighted by molar-refractivity contribution is 0.628. The summed E-state index contributed by atoms with van der Waals surface area (Å²) in [6, 6.07) is 36.8. The number of hydrogen-bond acceptors (Lipinski definition) is 1. The fourth-order valence-electron chi connectivity index (χ4n) is 8.79. The van der Waals surface area contributed by atoms with Gasteiger partial charge in [-0.3, -0.25) is 4.99 Å². The molecule has 5 aromatic carbocycles. The maximum absolute atomic E-state index is 4.70. The zero-order chi connectivity index (χ0) is 29.5. The summed E-state index contributed by atoms with van der Waals surface area (Å²) in [5, 5.41) is 4.04. The largest absolute Gasteiger partial charge is 0.309 e. The number of hydrogen-bond donors (Lipinski definition) is 0. The molecule has 3 aliphatic heterocycles. The number of fused-ring (bicyclic) bond motifs is 10. The fraction of sp³-hybridized carbons (Fsp3) is 0.195. The smallest absolute Gasteiger partial charge is 0.0679 e. The lowest BCUT2D eigenvalue weighted by Crippen LogP contribution is -2.27. The second kappa shape index (κ2) is 7.98. The zero-order valence-electron chi connectivity index (χ0n) is 25.6. The Kier molecular flexibility index (Phi) is 4.45. The van der Waals surface area contributed by atoms with Gasteiger partial charge in [-0.05, 0) is 75.7 Å². The van der Waals surface area contributed by atoms with E-state index in [-0.39, 0.29) is 10.8 Å². The second-order valence-electron chi connectivity index (χ2n) is 14.0. The van der Waals surface area contributed by atoms with E-state index in [0.717, 1.165) is 13.0 Å². The molecule has 0 saturated heterocycles. The first-order valence-corrected chi connectivity index (χ1v) is 15.8. The molecule has 0 radical (unpaired) electrons. The number of aromatic nitrogens is 2. The van der Waals surface area contributed by atoms with E-state index in [9.17, 15) is 0 Å². The van der Waals surface area contributed by atoms with Crippen molar-refractivity contribution in [2.24, 2.45) is 4.99 Å². The molecule has 3 nitrogen and oxygen atoms in total. The Morgan fingerprint density at radius 2 is 1.16 bits per heavy atom. The molecule has 0 fully saturated rings. The number of aliphatic imine (C=N–C) groups is 1. The molecule has 0 spiro atoms. The molecule has 0 saturated carbocycles. The van der Waals surface area contributed by atoms with Crippen LogP contribution in [0.5, 0.6) is 0 Å². The van der Waals surface area contributed by atoms with Gasteiger partial charge in [0, 0.05) is 39.7 Å². The van der Waals surface area contributed by atoms with E-state index in [2.05, 4.69) is 140 Å². The van der Waals surface area contributed by atoms with Crippen LogP contribution in [0.1, 0.15) is 61.2 Å². The molecule has 0 atom stereocenters. The minimum atomic E-state index is -0.128. The predicted octanol–water partition coefficient (Wildman–Crippen LogP) is 9.65. The van der Waals surface area contributed by atoms with Crippen molar-refractivity contribution in [1.29, 1.82) is 0 Å². The molecule has 7 aromatic rings. The maximum Gasteiger partial charge on any atom is 0.0679 e. The Labute approximate surface area is 257 Å². The van der Waals surface area contributed by atoms with Gasteiger partial charge in [-0.25, -0.2) is 0 Å². The lowest BCUT2D eigenvalue weighted by Gasteiger charge is -2.36. The molecule has 5 heterocycles. The minimum absolute atomic E-state index is 0.124. The van der Waals surface area contributed by atoms with Crippen LogP contribution >= 0.6 is 0 Å². The van der Waals surface area contributed by atoms with Crippen molar-refractivity contribution in [3.63, 3.8) is 0 Å². The van der Waals surface area contributed by atoms with Crippen molar-refractivity contribution in [1.82, 2.24) is 9.13 Å². The van der Waals surface area contributed by atoms with Crippen LogP contribution in [-0.4, -0.2) is 21.9 Å². The topological polar surface area (TPSA) is 22.2 Å². The van der Waals surface area contributed by atoms with Gasteiger partial charge in [0.05, 0.1) is 33.6 Å². The van der Waals surface area contributed by atoms with Gasteiger partial charge in [-0.2, -0.15) is 0 Å². The van der Waals surface area contributed by atoms with Crippen LogP contribution in [0.2, 0.25) is 0 Å². The van der Waals surface area contributed by atoms with Crippen molar-refractivity contribution >= 4 is 38.9 Å². The summed E-state index contributed by atoms with van der Waals surface area (Å²) in [4.78, 5) is 4.70. The molecular formula is C41H33N3. The first-order chi connectivity index (χ1) is 21.4. The van der Waals surface area contributed by atoms with Gasteiger partial charge >= 0.3 is 0 Å². The van der Waals surface area contributed by atoms with Crippen LogP contribution in [0.15, 0.2) is 102 Å².